The van der Waals surface area contributed by atoms with Crippen LogP contribution in [0.15, 0.2) is 102 Å². The van der Waals surface area contributed by atoms with E-state index in [0.717, 1.165) is 39.6 Å². The molecule has 1 aliphatic heterocycles. The number of carbonyl (C=O) groups is 2. The summed E-state index contributed by atoms with van der Waals surface area (Å²) in [5, 5.41) is 0. The van der Waals surface area contributed by atoms with Crippen LogP contribution in [0.5, 0.6) is 0 Å². The van der Waals surface area contributed by atoms with Gasteiger partial charge >= 0.3 is 0 Å². The molecule has 0 bridgehead atoms. The van der Waals surface area contributed by atoms with Crippen LogP contribution in [-0.4, -0.2) is 21.5 Å². The van der Waals surface area contributed by atoms with E-state index >= 15 is 17.6 Å². The van der Waals surface area contributed by atoms with Crippen LogP contribution in [-0.2, 0) is 0 Å². The van der Waals surface area contributed by atoms with E-state index < -0.39 is 46.2 Å². The van der Waals surface area contributed by atoms with Crippen molar-refractivity contribution < 1.29 is 27.2 Å². The van der Waals surface area contributed by atoms with Crippen molar-refractivity contribution in [3.63, 3.8) is 0 Å². The third kappa shape index (κ3) is 4.02. The third-order valence-electron chi connectivity index (χ3n) is 7.29. The average molecular weight is 579 g/mol. The van der Waals surface area contributed by atoms with E-state index in [0.29, 0.717) is 11.0 Å². The molecule has 5 aromatic rings. The maximum Gasteiger partial charge on any atom is 0.197 e. The fourth-order valence-corrected chi connectivity index (χ4v) is 5.34. The second kappa shape index (κ2) is 9.73. The van der Waals surface area contributed by atoms with Crippen molar-refractivity contribution >= 4 is 45.6 Å². The van der Waals surface area contributed by atoms with E-state index in [1.807, 2.05) is 0 Å². The van der Waals surface area contributed by atoms with Crippen molar-refractivity contribution in [2.75, 3.05) is 9.80 Å². The summed E-state index contributed by atoms with van der Waals surface area (Å²) >= 11 is 0. The topological polar surface area (TPSA) is 66.4 Å². The molecule has 210 valence electrons. The first-order valence-corrected chi connectivity index (χ1v) is 13.1. The van der Waals surface area contributed by atoms with Gasteiger partial charge < -0.3 is 0 Å². The van der Waals surface area contributed by atoms with E-state index in [4.69, 9.17) is 0 Å². The van der Waals surface area contributed by atoms with E-state index in [2.05, 4.69) is 9.97 Å². The van der Waals surface area contributed by atoms with Gasteiger partial charge in [-0.25, -0.2) is 27.5 Å². The molecule has 1 aromatic heterocycles. The van der Waals surface area contributed by atoms with Crippen LogP contribution in [0.1, 0.15) is 26.3 Å². The summed E-state index contributed by atoms with van der Waals surface area (Å²) in [5.41, 5.74) is 0.481. The highest BCUT2D eigenvalue weighted by molar-refractivity contribution is 6.39. The molecule has 0 spiro atoms. The molecule has 0 radical (unpaired) electrons. The van der Waals surface area contributed by atoms with Crippen LogP contribution < -0.4 is 9.80 Å². The fraction of sp³-hybridized carbons (Fsp3) is 0.0303. The normalized spacial score (nSPS) is 15.1. The minimum absolute atomic E-state index is 0.127. The van der Waals surface area contributed by atoms with Crippen molar-refractivity contribution in [3.05, 3.63) is 142 Å². The Balaban J connectivity index is 1.54. The van der Waals surface area contributed by atoms with Crippen LogP contribution >= 0.6 is 0 Å². The van der Waals surface area contributed by atoms with Gasteiger partial charge in [-0.05, 0) is 61.5 Å². The Kier molecular flexibility index (Phi) is 5.94. The number of aromatic nitrogens is 2. The summed E-state index contributed by atoms with van der Waals surface area (Å²) in [6.07, 6.45) is 2.38. The number of hydrogen-bond acceptors (Lipinski definition) is 6. The third-order valence-corrected chi connectivity index (χ3v) is 7.29. The summed E-state index contributed by atoms with van der Waals surface area (Å²) in [7, 11) is 0. The minimum atomic E-state index is -0.994. The lowest BCUT2D eigenvalue weighted by atomic mass is 10.1. The summed E-state index contributed by atoms with van der Waals surface area (Å²) in [4.78, 5) is 37.7. The Hall–Kier alpha value is -5.64. The average Bonchev–Trinajstić information content (AvgIpc) is 3.40. The predicted octanol–water partition coefficient (Wildman–Crippen LogP) is 7.63. The van der Waals surface area contributed by atoms with Gasteiger partial charge in [0.05, 0.1) is 16.6 Å². The number of rotatable bonds is 3. The number of aryl methyl sites for hydroxylation is 1. The zero-order chi connectivity index (χ0) is 30.0. The van der Waals surface area contributed by atoms with Crippen LogP contribution in [0.2, 0.25) is 0 Å². The fourth-order valence-electron chi connectivity index (χ4n) is 5.34. The van der Waals surface area contributed by atoms with Gasteiger partial charge in [0.15, 0.2) is 23.2 Å². The quantitative estimate of drug-likeness (QED) is 0.125. The zero-order valence-electron chi connectivity index (χ0n) is 22.3. The number of para-hydroxylation sites is 4. The van der Waals surface area contributed by atoms with Crippen LogP contribution in [0.3, 0.4) is 0 Å². The molecule has 43 heavy (non-hydrogen) atoms. The van der Waals surface area contributed by atoms with Gasteiger partial charge in [-0.3, -0.25) is 19.4 Å². The number of Topliss-reactive ketones (excluding diaryl/α,β-unsaturated/α-hetero) is 2. The molecule has 4 aromatic carbocycles. The molecule has 0 saturated carbocycles. The van der Waals surface area contributed by atoms with Gasteiger partial charge in [0.1, 0.15) is 40.5 Å². The van der Waals surface area contributed by atoms with Crippen molar-refractivity contribution in [1.82, 2.24) is 9.97 Å². The molecule has 1 aliphatic carbocycles. The van der Waals surface area contributed by atoms with Gasteiger partial charge in [-0.1, -0.05) is 42.0 Å². The van der Waals surface area contributed by atoms with Crippen LogP contribution in [0.25, 0.3) is 11.0 Å². The second-order valence-electron chi connectivity index (χ2n) is 9.98. The minimum Gasteiger partial charge on any atom is -0.288 e. The molecule has 0 saturated heterocycles. The second-order valence-corrected chi connectivity index (χ2v) is 9.98. The molecule has 2 heterocycles. The molecule has 7 rings (SSSR count). The van der Waals surface area contributed by atoms with Gasteiger partial charge in [0.2, 0.25) is 0 Å². The SMILES string of the molecule is Cc1ccc2c(c1)C(=O)/C(=C/C=C1N(c3c(F)cccc3F)c3nc4ccccc4nc3N1c1c(F)cccc1F)C2=O. The Labute approximate surface area is 241 Å². The van der Waals surface area contributed by atoms with Gasteiger partial charge in [0, 0.05) is 11.1 Å². The molecule has 0 unspecified atom stereocenters. The van der Waals surface area contributed by atoms with Crippen molar-refractivity contribution in [1.29, 1.82) is 0 Å². The Bertz CT molecular complexity index is 1970. The first-order chi connectivity index (χ1) is 20.7. The lowest BCUT2D eigenvalue weighted by Gasteiger charge is -2.25. The van der Waals surface area contributed by atoms with E-state index in [1.165, 1.54) is 24.3 Å². The summed E-state index contributed by atoms with van der Waals surface area (Å²) in [6.45, 7) is 1.78. The van der Waals surface area contributed by atoms with Crippen molar-refractivity contribution in [3.8, 4) is 0 Å². The molecule has 0 fully saturated rings. The van der Waals surface area contributed by atoms with Gasteiger partial charge in [-0.2, -0.15) is 0 Å². The highest BCUT2D eigenvalue weighted by Gasteiger charge is 2.41. The number of ketones is 2. The highest BCUT2D eigenvalue weighted by Crippen LogP contribution is 2.50. The van der Waals surface area contributed by atoms with Gasteiger partial charge in [-0.15, -0.1) is 0 Å². The smallest absolute Gasteiger partial charge is 0.197 e. The van der Waals surface area contributed by atoms with E-state index in [9.17, 15) is 9.59 Å². The van der Waals surface area contributed by atoms with Crippen molar-refractivity contribution in [2.45, 2.75) is 6.92 Å². The molecular formula is C33H18F4N4O2. The molecule has 0 N–H and O–H groups in total. The maximum absolute atomic E-state index is 15.4. The van der Waals surface area contributed by atoms with Gasteiger partial charge in [0.25, 0.3) is 0 Å². The van der Waals surface area contributed by atoms with Crippen LogP contribution in [0, 0.1) is 30.2 Å². The number of carbonyl (C=O) groups excluding carboxylic acids is 2. The molecule has 10 heteroatoms. The van der Waals surface area contributed by atoms with Crippen molar-refractivity contribution in [2.24, 2.45) is 0 Å². The number of anilines is 4. The number of benzene rings is 4. The number of halogens is 4. The Morgan fingerprint density at radius 3 is 1.60 bits per heavy atom. The number of hydrogen-bond donors (Lipinski definition) is 0. The standard InChI is InChI=1S/C33H18F4N4O2/c1-17-12-13-18-20(16-17)31(43)19(30(18)42)14-15-27-40(28-21(34)6-4-7-22(28)35)32-33(39-26-11-3-2-10-25(26)38-32)41(27)29-23(36)8-5-9-24(29)37/h2-16H,1H3/b19-14+. The molecular weight excluding hydrogens is 560 g/mol. The van der Waals surface area contributed by atoms with E-state index in [1.54, 1.807) is 49.4 Å². The van der Waals surface area contributed by atoms with E-state index in [-0.39, 0.29) is 34.2 Å². The number of fused-ring (bicyclic) bond motifs is 3. The first-order valence-electron chi connectivity index (χ1n) is 13.1. The lowest BCUT2D eigenvalue weighted by molar-refractivity contribution is 0.0988. The molecule has 2 aliphatic rings. The largest absolute Gasteiger partial charge is 0.288 e. The first kappa shape index (κ1) is 26.3. The zero-order valence-corrected chi connectivity index (χ0v) is 22.3. The summed E-state index contributed by atoms with van der Waals surface area (Å²) in [6, 6.07) is 17.9. The number of nitrogens with zero attached hydrogens (tertiary/aromatic N) is 4. The summed E-state index contributed by atoms with van der Waals surface area (Å²) in [5.74, 6) is -5.56. The molecule has 6 nitrogen and oxygen atoms in total. The summed E-state index contributed by atoms with van der Waals surface area (Å²) < 4.78 is 61.6. The molecule has 0 atom stereocenters. The monoisotopic (exact) mass is 578 g/mol. The maximum atomic E-state index is 15.4. The Morgan fingerprint density at radius 1 is 0.605 bits per heavy atom. The molecule has 0 amide bonds. The predicted molar refractivity (Wildman–Crippen MR) is 153 cm³/mol. The Morgan fingerprint density at radius 2 is 1.09 bits per heavy atom. The lowest BCUT2D eigenvalue weighted by Crippen LogP contribution is -2.25. The highest BCUT2D eigenvalue weighted by atomic mass is 19.1. The number of allylic oxidation sites excluding steroid dienone is 3. The van der Waals surface area contributed by atoms with Crippen LogP contribution in [0.4, 0.5) is 40.6 Å².